The monoisotopic (exact) mass is 254 g/mol. The quantitative estimate of drug-likeness (QED) is 0.794. The van der Waals surface area contributed by atoms with Crippen molar-refractivity contribution in [3.63, 3.8) is 0 Å². The third-order valence-electron chi connectivity index (χ3n) is 2.73. The summed E-state index contributed by atoms with van der Waals surface area (Å²) in [6.45, 7) is 2.97. The maximum absolute atomic E-state index is 5.74. The van der Waals surface area contributed by atoms with E-state index in [9.17, 15) is 0 Å². The first-order valence-electron chi connectivity index (χ1n) is 5.14. The fourth-order valence-corrected chi connectivity index (χ4v) is 2.25. The van der Waals surface area contributed by atoms with Crippen molar-refractivity contribution in [2.75, 3.05) is 6.61 Å². The molecule has 1 aliphatic carbocycles. The van der Waals surface area contributed by atoms with Crippen LogP contribution in [0.4, 0.5) is 0 Å². The number of halogens is 1. The zero-order chi connectivity index (χ0) is 9.97. The van der Waals surface area contributed by atoms with Gasteiger partial charge in [0.05, 0.1) is 6.61 Å². The second-order valence-electron chi connectivity index (χ2n) is 4.07. The van der Waals surface area contributed by atoms with Gasteiger partial charge in [0.25, 0.3) is 0 Å². The molecular weight excluding hydrogens is 240 g/mol. The second-order valence-corrected chi connectivity index (χ2v) is 4.99. The van der Waals surface area contributed by atoms with E-state index in [-0.39, 0.29) is 0 Å². The van der Waals surface area contributed by atoms with Gasteiger partial charge in [0.15, 0.2) is 0 Å². The van der Waals surface area contributed by atoms with Gasteiger partial charge in [-0.1, -0.05) is 22.4 Å². The predicted octanol–water partition coefficient (Wildman–Crippen LogP) is 3.94. The lowest BCUT2D eigenvalue weighted by molar-refractivity contribution is 0.180. The molecule has 0 bridgehead atoms. The summed E-state index contributed by atoms with van der Waals surface area (Å²) in [5.74, 6) is 1.79. The maximum Gasteiger partial charge on any atom is 0.120 e. The lowest BCUT2D eigenvalue weighted by atomic mass is 9.86. The summed E-state index contributed by atoms with van der Waals surface area (Å²) in [5.41, 5.74) is 1.24. The third-order valence-corrected chi connectivity index (χ3v) is 3.18. The molecule has 0 unspecified atom stereocenters. The number of hydrogen-bond donors (Lipinski definition) is 0. The largest absolute Gasteiger partial charge is 0.493 e. The van der Waals surface area contributed by atoms with Crippen LogP contribution in [-0.4, -0.2) is 6.61 Å². The Morgan fingerprint density at radius 3 is 2.71 bits per heavy atom. The molecule has 0 spiro atoms. The highest BCUT2D eigenvalue weighted by molar-refractivity contribution is 9.10. The number of ether oxygens (including phenoxy) is 1. The highest BCUT2D eigenvalue weighted by Gasteiger charge is 2.17. The Hall–Kier alpha value is -0.500. The number of benzene rings is 1. The number of rotatable bonds is 3. The predicted molar refractivity (Wildman–Crippen MR) is 61.7 cm³/mol. The van der Waals surface area contributed by atoms with Gasteiger partial charge in [0, 0.05) is 4.47 Å². The van der Waals surface area contributed by atoms with Gasteiger partial charge in [-0.05, 0) is 49.4 Å². The molecule has 0 aliphatic heterocycles. The van der Waals surface area contributed by atoms with Crippen LogP contribution in [0.3, 0.4) is 0 Å². The van der Waals surface area contributed by atoms with E-state index in [0.29, 0.717) is 0 Å². The molecule has 1 aromatic carbocycles. The van der Waals surface area contributed by atoms with Crippen LogP contribution in [0.5, 0.6) is 5.75 Å². The summed E-state index contributed by atoms with van der Waals surface area (Å²) in [6, 6.07) is 6.21. The Kier molecular flexibility index (Phi) is 3.12. The van der Waals surface area contributed by atoms with Crippen LogP contribution in [0.25, 0.3) is 0 Å². The maximum atomic E-state index is 5.74. The molecule has 0 amide bonds. The van der Waals surface area contributed by atoms with Gasteiger partial charge in [-0.25, -0.2) is 0 Å². The lowest BCUT2D eigenvalue weighted by Gasteiger charge is -2.25. The zero-order valence-electron chi connectivity index (χ0n) is 8.42. The molecule has 1 saturated carbocycles. The molecule has 76 valence electrons. The SMILES string of the molecule is Cc1cc(Br)cc(OCC2CCC2)c1. The molecule has 1 nitrogen and oxygen atoms in total. The normalized spacial score (nSPS) is 16.4. The minimum Gasteiger partial charge on any atom is -0.493 e. The van der Waals surface area contributed by atoms with Crippen molar-refractivity contribution in [2.45, 2.75) is 26.2 Å². The summed E-state index contributed by atoms with van der Waals surface area (Å²) in [7, 11) is 0. The van der Waals surface area contributed by atoms with Gasteiger partial charge in [-0.15, -0.1) is 0 Å². The van der Waals surface area contributed by atoms with Crippen LogP contribution < -0.4 is 4.74 Å². The summed E-state index contributed by atoms with van der Waals surface area (Å²) in [5, 5.41) is 0. The molecule has 1 aliphatic rings. The smallest absolute Gasteiger partial charge is 0.120 e. The van der Waals surface area contributed by atoms with E-state index in [4.69, 9.17) is 4.74 Å². The molecule has 0 saturated heterocycles. The first kappa shape index (κ1) is 10.0. The molecule has 1 aromatic rings. The molecule has 0 N–H and O–H groups in total. The van der Waals surface area contributed by atoms with E-state index in [1.807, 2.05) is 6.07 Å². The number of hydrogen-bond acceptors (Lipinski definition) is 1. The zero-order valence-corrected chi connectivity index (χ0v) is 10.0. The van der Waals surface area contributed by atoms with E-state index in [2.05, 4.69) is 35.0 Å². The first-order valence-corrected chi connectivity index (χ1v) is 5.93. The minimum atomic E-state index is 0.800. The summed E-state index contributed by atoms with van der Waals surface area (Å²) >= 11 is 3.47. The summed E-state index contributed by atoms with van der Waals surface area (Å²) in [4.78, 5) is 0. The van der Waals surface area contributed by atoms with Crippen LogP contribution in [0.15, 0.2) is 22.7 Å². The topological polar surface area (TPSA) is 9.23 Å². The Bertz CT molecular complexity index is 298. The van der Waals surface area contributed by atoms with Crippen molar-refractivity contribution in [2.24, 2.45) is 5.92 Å². The van der Waals surface area contributed by atoms with Crippen molar-refractivity contribution in [3.05, 3.63) is 28.2 Å². The molecule has 1 fully saturated rings. The van der Waals surface area contributed by atoms with E-state index in [1.54, 1.807) is 0 Å². The van der Waals surface area contributed by atoms with Gasteiger partial charge in [0.2, 0.25) is 0 Å². The van der Waals surface area contributed by atoms with Crippen LogP contribution >= 0.6 is 15.9 Å². The van der Waals surface area contributed by atoms with E-state index in [1.165, 1.54) is 24.8 Å². The molecule has 14 heavy (non-hydrogen) atoms. The van der Waals surface area contributed by atoms with Gasteiger partial charge in [-0.2, -0.15) is 0 Å². The Morgan fingerprint density at radius 2 is 2.14 bits per heavy atom. The molecule has 0 heterocycles. The average molecular weight is 255 g/mol. The fraction of sp³-hybridized carbons (Fsp3) is 0.500. The van der Waals surface area contributed by atoms with Crippen molar-refractivity contribution >= 4 is 15.9 Å². The van der Waals surface area contributed by atoms with Crippen molar-refractivity contribution in [1.29, 1.82) is 0 Å². The van der Waals surface area contributed by atoms with Crippen molar-refractivity contribution in [1.82, 2.24) is 0 Å². The van der Waals surface area contributed by atoms with E-state index in [0.717, 1.165) is 22.7 Å². The van der Waals surface area contributed by atoms with E-state index < -0.39 is 0 Å². The fourth-order valence-electron chi connectivity index (χ4n) is 1.66. The van der Waals surface area contributed by atoms with Crippen LogP contribution in [0.2, 0.25) is 0 Å². The first-order chi connectivity index (χ1) is 6.74. The highest BCUT2D eigenvalue weighted by Crippen LogP contribution is 2.28. The van der Waals surface area contributed by atoms with Crippen molar-refractivity contribution in [3.8, 4) is 5.75 Å². The van der Waals surface area contributed by atoms with Crippen LogP contribution in [0.1, 0.15) is 24.8 Å². The van der Waals surface area contributed by atoms with Crippen molar-refractivity contribution < 1.29 is 4.74 Å². The minimum absolute atomic E-state index is 0.800. The van der Waals surface area contributed by atoms with Gasteiger partial charge in [0.1, 0.15) is 5.75 Å². The van der Waals surface area contributed by atoms with Crippen LogP contribution in [0, 0.1) is 12.8 Å². The molecule has 0 aromatic heterocycles. The lowest BCUT2D eigenvalue weighted by Crippen LogP contribution is -2.19. The van der Waals surface area contributed by atoms with Gasteiger partial charge in [-0.3, -0.25) is 0 Å². The highest BCUT2D eigenvalue weighted by atomic mass is 79.9. The van der Waals surface area contributed by atoms with Gasteiger partial charge >= 0.3 is 0 Å². The summed E-state index contributed by atoms with van der Waals surface area (Å²) in [6.07, 6.45) is 4.06. The molecule has 2 rings (SSSR count). The summed E-state index contributed by atoms with van der Waals surface area (Å²) < 4.78 is 6.84. The second kappa shape index (κ2) is 4.35. The number of aryl methyl sites for hydroxylation is 1. The average Bonchev–Trinajstić information content (AvgIpc) is 1.99. The van der Waals surface area contributed by atoms with Crippen LogP contribution in [-0.2, 0) is 0 Å². The van der Waals surface area contributed by atoms with E-state index >= 15 is 0 Å². The molecule has 2 heteroatoms. The standard InChI is InChI=1S/C12H15BrO/c1-9-5-11(13)7-12(6-9)14-8-10-3-2-4-10/h5-7,10H,2-4,8H2,1H3. The Morgan fingerprint density at radius 1 is 1.36 bits per heavy atom. The molecular formula is C12H15BrO. The molecule has 0 radical (unpaired) electrons. The Labute approximate surface area is 93.6 Å². The molecule has 0 atom stereocenters. The third kappa shape index (κ3) is 2.50. The van der Waals surface area contributed by atoms with Gasteiger partial charge < -0.3 is 4.74 Å². The Balaban J connectivity index is 1.94.